The van der Waals surface area contributed by atoms with Gasteiger partial charge in [-0.3, -0.25) is 0 Å². The third-order valence-electron chi connectivity index (χ3n) is 5.17. The molecule has 0 aliphatic heterocycles. The quantitative estimate of drug-likeness (QED) is 0.685. The van der Waals surface area contributed by atoms with Gasteiger partial charge >= 0.3 is 0 Å². The fourth-order valence-electron chi connectivity index (χ4n) is 3.84. The first-order valence-corrected chi connectivity index (χ1v) is 7.34. The van der Waals surface area contributed by atoms with Crippen molar-refractivity contribution in [3.8, 4) is 0 Å². The van der Waals surface area contributed by atoms with Crippen molar-refractivity contribution in [2.75, 3.05) is 0 Å². The zero-order valence-corrected chi connectivity index (χ0v) is 11.1. The zero-order valence-electron chi connectivity index (χ0n) is 11.1. The van der Waals surface area contributed by atoms with Gasteiger partial charge in [0, 0.05) is 18.1 Å². The molecule has 2 aliphatic rings. The fourth-order valence-corrected chi connectivity index (χ4v) is 3.84. The second-order valence-corrected chi connectivity index (χ2v) is 6.46. The summed E-state index contributed by atoms with van der Waals surface area (Å²) in [6.07, 6.45) is 8.60. The summed E-state index contributed by atoms with van der Waals surface area (Å²) in [6, 6.07) is 1.03. The average Bonchev–Trinajstić information content (AvgIpc) is 2.28. The van der Waals surface area contributed by atoms with Gasteiger partial charge in [-0.15, -0.1) is 0 Å². The van der Waals surface area contributed by atoms with Crippen molar-refractivity contribution in [2.24, 2.45) is 35.0 Å². The summed E-state index contributed by atoms with van der Waals surface area (Å²) in [5.74, 6) is 2.03. The van der Waals surface area contributed by atoms with Gasteiger partial charge in [0.05, 0.1) is 0 Å². The SMILES string of the molecule is CC1C(N)CC(N)CC1CC1CCCCC1N. The molecule has 2 fully saturated rings. The highest BCUT2D eigenvalue weighted by atomic mass is 14.7. The molecule has 0 saturated heterocycles. The van der Waals surface area contributed by atoms with Crippen molar-refractivity contribution >= 4 is 0 Å². The highest BCUT2D eigenvalue weighted by Gasteiger charge is 2.34. The summed E-state index contributed by atoms with van der Waals surface area (Å²) < 4.78 is 0. The fraction of sp³-hybridized carbons (Fsp3) is 1.00. The minimum Gasteiger partial charge on any atom is -0.328 e. The molecule has 0 aromatic heterocycles. The van der Waals surface area contributed by atoms with E-state index in [1.165, 1.54) is 32.1 Å². The Balaban J connectivity index is 1.92. The molecule has 3 nitrogen and oxygen atoms in total. The third-order valence-corrected chi connectivity index (χ3v) is 5.17. The maximum absolute atomic E-state index is 6.25. The lowest BCUT2D eigenvalue weighted by atomic mass is 9.69. The molecule has 17 heavy (non-hydrogen) atoms. The van der Waals surface area contributed by atoms with Crippen LogP contribution >= 0.6 is 0 Å². The molecule has 2 rings (SSSR count). The van der Waals surface area contributed by atoms with E-state index in [0.717, 1.165) is 12.8 Å². The van der Waals surface area contributed by atoms with Crippen LogP contribution in [-0.4, -0.2) is 18.1 Å². The Labute approximate surface area is 105 Å². The van der Waals surface area contributed by atoms with Gasteiger partial charge in [-0.25, -0.2) is 0 Å². The molecule has 3 heteroatoms. The smallest absolute Gasteiger partial charge is 0.00819 e. The van der Waals surface area contributed by atoms with Crippen LogP contribution in [0.3, 0.4) is 0 Å². The van der Waals surface area contributed by atoms with E-state index in [4.69, 9.17) is 17.2 Å². The normalized spacial score (nSPS) is 48.0. The molecular weight excluding hydrogens is 210 g/mol. The van der Waals surface area contributed by atoms with Crippen molar-refractivity contribution in [2.45, 2.75) is 70.0 Å². The molecule has 100 valence electrons. The summed E-state index contributed by atoms with van der Waals surface area (Å²) in [5.41, 5.74) is 18.5. The first-order valence-electron chi connectivity index (χ1n) is 7.34. The van der Waals surface area contributed by atoms with Gasteiger partial charge in [0.1, 0.15) is 0 Å². The highest BCUT2D eigenvalue weighted by molar-refractivity contribution is 4.90. The van der Waals surface area contributed by atoms with Crippen LogP contribution in [0.25, 0.3) is 0 Å². The van der Waals surface area contributed by atoms with Gasteiger partial charge in [-0.1, -0.05) is 19.8 Å². The molecule has 0 bridgehead atoms. The topological polar surface area (TPSA) is 78.1 Å². The molecule has 0 radical (unpaired) electrons. The van der Waals surface area contributed by atoms with Gasteiger partial charge in [0.15, 0.2) is 0 Å². The van der Waals surface area contributed by atoms with Crippen molar-refractivity contribution in [3.05, 3.63) is 0 Å². The summed E-state index contributed by atoms with van der Waals surface area (Å²) in [5, 5.41) is 0. The minimum absolute atomic E-state index is 0.295. The van der Waals surface area contributed by atoms with E-state index in [-0.39, 0.29) is 0 Å². The lowest BCUT2D eigenvalue weighted by Crippen LogP contribution is -2.47. The van der Waals surface area contributed by atoms with Crippen molar-refractivity contribution < 1.29 is 0 Å². The molecule has 2 aliphatic carbocycles. The second kappa shape index (κ2) is 5.68. The van der Waals surface area contributed by atoms with Crippen LogP contribution in [0.1, 0.15) is 51.9 Å². The van der Waals surface area contributed by atoms with Gasteiger partial charge in [-0.05, 0) is 49.9 Å². The maximum Gasteiger partial charge on any atom is 0.00819 e. The van der Waals surface area contributed by atoms with E-state index in [1.54, 1.807) is 0 Å². The Morgan fingerprint density at radius 3 is 2.29 bits per heavy atom. The molecule has 0 aromatic rings. The van der Waals surface area contributed by atoms with Crippen LogP contribution in [0.15, 0.2) is 0 Å². The molecule has 6 atom stereocenters. The van der Waals surface area contributed by atoms with E-state index < -0.39 is 0 Å². The van der Waals surface area contributed by atoms with Gasteiger partial charge < -0.3 is 17.2 Å². The van der Waals surface area contributed by atoms with Crippen LogP contribution < -0.4 is 17.2 Å². The Hall–Kier alpha value is -0.120. The lowest BCUT2D eigenvalue weighted by Gasteiger charge is -2.40. The molecule has 6 unspecified atom stereocenters. The van der Waals surface area contributed by atoms with E-state index in [0.29, 0.717) is 35.9 Å². The van der Waals surface area contributed by atoms with Crippen LogP contribution in [-0.2, 0) is 0 Å². The molecular formula is C14H29N3. The van der Waals surface area contributed by atoms with E-state index in [1.807, 2.05) is 0 Å². The number of nitrogens with two attached hydrogens (primary N) is 3. The molecule has 2 saturated carbocycles. The number of hydrogen-bond donors (Lipinski definition) is 3. The van der Waals surface area contributed by atoms with Crippen molar-refractivity contribution in [1.29, 1.82) is 0 Å². The van der Waals surface area contributed by atoms with Crippen molar-refractivity contribution in [1.82, 2.24) is 0 Å². The van der Waals surface area contributed by atoms with Gasteiger partial charge in [0.25, 0.3) is 0 Å². The van der Waals surface area contributed by atoms with Crippen LogP contribution in [0.5, 0.6) is 0 Å². The monoisotopic (exact) mass is 239 g/mol. The van der Waals surface area contributed by atoms with Crippen LogP contribution in [0.4, 0.5) is 0 Å². The average molecular weight is 239 g/mol. The summed E-state index contributed by atoms with van der Waals surface area (Å²) in [7, 11) is 0. The largest absolute Gasteiger partial charge is 0.328 e. The predicted octanol–water partition coefficient (Wildman–Crippen LogP) is 1.59. The van der Waals surface area contributed by atoms with Crippen molar-refractivity contribution in [3.63, 3.8) is 0 Å². The lowest BCUT2D eigenvalue weighted by molar-refractivity contribution is 0.146. The summed E-state index contributed by atoms with van der Waals surface area (Å²) in [6.45, 7) is 2.30. The summed E-state index contributed by atoms with van der Waals surface area (Å²) >= 11 is 0. The second-order valence-electron chi connectivity index (χ2n) is 6.46. The Kier molecular flexibility index (Phi) is 4.45. The number of rotatable bonds is 2. The third kappa shape index (κ3) is 3.21. The Bertz CT molecular complexity index is 244. The van der Waals surface area contributed by atoms with E-state index in [2.05, 4.69) is 6.92 Å². The molecule has 0 amide bonds. The zero-order chi connectivity index (χ0) is 12.4. The van der Waals surface area contributed by atoms with Crippen LogP contribution in [0, 0.1) is 17.8 Å². The van der Waals surface area contributed by atoms with E-state index >= 15 is 0 Å². The molecule has 0 spiro atoms. The molecule has 0 aromatic carbocycles. The summed E-state index contributed by atoms with van der Waals surface area (Å²) in [4.78, 5) is 0. The van der Waals surface area contributed by atoms with Crippen LogP contribution in [0.2, 0.25) is 0 Å². The first kappa shape index (κ1) is 13.3. The maximum atomic E-state index is 6.25. The Morgan fingerprint density at radius 2 is 1.59 bits per heavy atom. The molecule has 6 N–H and O–H groups in total. The highest BCUT2D eigenvalue weighted by Crippen LogP contribution is 2.37. The predicted molar refractivity (Wildman–Crippen MR) is 72.4 cm³/mol. The Morgan fingerprint density at radius 1 is 0.882 bits per heavy atom. The van der Waals surface area contributed by atoms with Gasteiger partial charge in [-0.2, -0.15) is 0 Å². The molecule has 0 heterocycles. The standard InChI is InChI=1S/C14H29N3/c1-9-11(7-12(15)8-14(9)17)6-10-4-2-3-5-13(10)16/h9-14H,2-8,15-17H2,1H3. The first-order chi connectivity index (χ1) is 8.08. The van der Waals surface area contributed by atoms with Gasteiger partial charge in [0.2, 0.25) is 0 Å². The van der Waals surface area contributed by atoms with E-state index in [9.17, 15) is 0 Å². The minimum atomic E-state index is 0.295. The number of hydrogen-bond acceptors (Lipinski definition) is 3.